The van der Waals surface area contributed by atoms with E-state index in [1.165, 1.54) is 37.7 Å². The molecular formula is C28H44O3. The van der Waals surface area contributed by atoms with Crippen molar-refractivity contribution in [2.45, 2.75) is 103 Å². The SMILES string of the molecule is C=C1/C(=C\C=C2CCC[C@@]3(C)C2CC[C@@H]3[C@@H](C)CCCC(C)(C)O)C[C@@H](O)C(=C)[C@H]1O. The number of aliphatic hydroxyl groups is 3. The molecule has 0 radical (unpaired) electrons. The third kappa shape index (κ3) is 5.26. The lowest BCUT2D eigenvalue weighted by Gasteiger charge is -2.44. The lowest BCUT2D eigenvalue weighted by molar-refractivity contribution is 0.0596. The Kier molecular flexibility index (Phi) is 7.40. The van der Waals surface area contributed by atoms with Crippen LogP contribution in [0.2, 0.25) is 0 Å². The molecule has 3 rings (SSSR count). The van der Waals surface area contributed by atoms with E-state index in [9.17, 15) is 15.3 Å². The van der Waals surface area contributed by atoms with Crippen molar-refractivity contribution < 1.29 is 15.3 Å². The van der Waals surface area contributed by atoms with E-state index < -0.39 is 17.8 Å². The number of fused-ring (bicyclic) bond motifs is 1. The number of rotatable bonds is 6. The minimum absolute atomic E-state index is 0.355. The summed E-state index contributed by atoms with van der Waals surface area (Å²) in [7, 11) is 0. The number of hydrogen-bond donors (Lipinski definition) is 3. The van der Waals surface area contributed by atoms with E-state index in [1.54, 1.807) is 0 Å². The van der Waals surface area contributed by atoms with Gasteiger partial charge < -0.3 is 15.3 Å². The summed E-state index contributed by atoms with van der Waals surface area (Å²) in [6.07, 6.45) is 12.7. The van der Waals surface area contributed by atoms with Gasteiger partial charge in [0.25, 0.3) is 0 Å². The van der Waals surface area contributed by atoms with Crippen molar-refractivity contribution in [3.63, 3.8) is 0 Å². The van der Waals surface area contributed by atoms with Crippen molar-refractivity contribution in [2.24, 2.45) is 23.2 Å². The summed E-state index contributed by atoms with van der Waals surface area (Å²) in [6.45, 7) is 16.6. The molecule has 174 valence electrons. The molecule has 3 N–H and O–H groups in total. The predicted molar refractivity (Wildman–Crippen MR) is 129 cm³/mol. The molecule has 31 heavy (non-hydrogen) atoms. The number of aliphatic hydroxyl groups excluding tert-OH is 2. The zero-order valence-electron chi connectivity index (χ0n) is 20.2. The average Bonchev–Trinajstić information content (AvgIpc) is 3.04. The normalized spacial score (nSPS) is 38.0. The highest BCUT2D eigenvalue weighted by Gasteiger charge is 2.50. The van der Waals surface area contributed by atoms with Crippen LogP contribution in [-0.4, -0.2) is 33.1 Å². The highest BCUT2D eigenvalue weighted by atomic mass is 16.3. The largest absolute Gasteiger partial charge is 0.390 e. The van der Waals surface area contributed by atoms with Crippen LogP contribution in [0.4, 0.5) is 0 Å². The maximum atomic E-state index is 10.3. The van der Waals surface area contributed by atoms with Crippen LogP contribution < -0.4 is 0 Å². The van der Waals surface area contributed by atoms with E-state index in [0.717, 1.165) is 30.8 Å². The van der Waals surface area contributed by atoms with Gasteiger partial charge in [-0.2, -0.15) is 0 Å². The Morgan fingerprint density at radius 3 is 2.58 bits per heavy atom. The highest BCUT2D eigenvalue weighted by molar-refractivity contribution is 5.45. The Balaban J connectivity index is 1.72. The maximum Gasteiger partial charge on any atom is 0.102 e. The van der Waals surface area contributed by atoms with Crippen LogP contribution in [-0.2, 0) is 0 Å². The molecule has 3 aliphatic rings. The van der Waals surface area contributed by atoms with E-state index in [2.05, 4.69) is 39.2 Å². The third-order valence-corrected chi connectivity index (χ3v) is 8.61. The van der Waals surface area contributed by atoms with E-state index in [1.807, 2.05) is 13.8 Å². The first-order valence-electron chi connectivity index (χ1n) is 12.3. The second-order valence-corrected chi connectivity index (χ2v) is 11.4. The summed E-state index contributed by atoms with van der Waals surface area (Å²) in [5.41, 5.74) is 3.41. The van der Waals surface area contributed by atoms with Gasteiger partial charge in [-0.05, 0) is 92.3 Å². The fourth-order valence-corrected chi connectivity index (χ4v) is 6.71. The second-order valence-electron chi connectivity index (χ2n) is 11.4. The van der Waals surface area contributed by atoms with Crippen molar-refractivity contribution in [1.82, 2.24) is 0 Å². The fraction of sp³-hybridized carbons (Fsp3) is 0.714. The van der Waals surface area contributed by atoms with Gasteiger partial charge >= 0.3 is 0 Å². The van der Waals surface area contributed by atoms with Gasteiger partial charge in [0, 0.05) is 6.42 Å². The first-order chi connectivity index (χ1) is 14.4. The second kappa shape index (κ2) is 9.37. The summed E-state index contributed by atoms with van der Waals surface area (Å²) < 4.78 is 0. The molecule has 1 unspecified atom stereocenters. The lowest BCUT2D eigenvalue weighted by Crippen LogP contribution is -2.36. The quantitative estimate of drug-likeness (QED) is 0.464. The molecule has 0 heterocycles. The topological polar surface area (TPSA) is 60.7 Å². The first kappa shape index (κ1) is 24.5. The molecule has 0 aliphatic heterocycles. The van der Waals surface area contributed by atoms with Crippen LogP contribution in [0.25, 0.3) is 0 Å². The van der Waals surface area contributed by atoms with Crippen LogP contribution in [0, 0.1) is 23.2 Å². The van der Waals surface area contributed by atoms with E-state index >= 15 is 0 Å². The smallest absolute Gasteiger partial charge is 0.102 e. The molecule has 3 heteroatoms. The van der Waals surface area contributed by atoms with Gasteiger partial charge in [0.2, 0.25) is 0 Å². The van der Waals surface area contributed by atoms with Crippen molar-refractivity contribution in [2.75, 3.05) is 0 Å². The monoisotopic (exact) mass is 428 g/mol. The van der Waals surface area contributed by atoms with Crippen molar-refractivity contribution >= 4 is 0 Å². The molecule has 0 saturated heterocycles. The average molecular weight is 429 g/mol. The molecule has 3 aliphatic carbocycles. The summed E-state index contributed by atoms with van der Waals surface area (Å²) in [6, 6.07) is 0. The first-order valence-corrected chi connectivity index (χ1v) is 12.3. The van der Waals surface area contributed by atoms with Crippen LogP contribution >= 0.6 is 0 Å². The molecule has 0 aromatic heterocycles. The maximum absolute atomic E-state index is 10.3. The summed E-state index contributed by atoms with van der Waals surface area (Å²) in [4.78, 5) is 0. The van der Waals surface area contributed by atoms with Gasteiger partial charge in [-0.3, -0.25) is 0 Å². The molecule has 0 aromatic carbocycles. The minimum atomic E-state index is -0.842. The lowest BCUT2D eigenvalue weighted by atomic mass is 9.60. The molecule has 6 atom stereocenters. The van der Waals surface area contributed by atoms with Crippen LogP contribution in [0.15, 0.2) is 47.6 Å². The number of allylic oxidation sites excluding steroid dienone is 3. The Bertz CT molecular complexity index is 753. The fourth-order valence-electron chi connectivity index (χ4n) is 6.71. The zero-order chi connectivity index (χ0) is 23.0. The van der Waals surface area contributed by atoms with Crippen LogP contribution in [0.3, 0.4) is 0 Å². The van der Waals surface area contributed by atoms with Gasteiger partial charge in [0.15, 0.2) is 0 Å². The van der Waals surface area contributed by atoms with Crippen molar-refractivity contribution in [3.8, 4) is 0 Å². The Labute approximate surface area is 189 Å². The Hall–Kier alpha value is -1.16. The van der Waals surface area contributed by atoms with E-state index in [4.69, 9.17) is 0 Å². The predicted octanol–water partition coefficient (Wildman–Crippen LogP) is 5.87. The highest BCUT2D eigenvalue weighted by Crippen LogP contribution is 2.60. The Morgan fingerprint density at radius 1 is 1.19 bits per heavy atom. The molecule has 0 aromatic rings. The molecule has 3 saturated carbocycles. The molecule has 0 amide bonds. The molecular weight excluding hydrogens is 384 g/mol. The van der Waals surface area contributed by atoms with E-state index in [-0.39, 0.29) is 0 Å². The van der Waals surface area contributed by atoms with Crippen LogP contribution in [0.5, 0.6) is 0 Å². The van der Waals surface area contributed by atoms with Gasteiger partial charge in [0.1, 0.15) is 6.10 Å². The van der Waals surface area contributed by atoms with Crippen molar-refractivity contribution in [3.05, 3.63) is 47.6 Å². The van der Waals surface area contributed by atoms with Crippen LogP contribution in [0.1, 0.15) is 85.5 Å². The van der Waals surface area contributed by atoms with Gasteiger partial charge in [-0.25, -0.2) is 0 Å². The van der Waals surface area contributed by atoms with Gasteiger partial charge in [-0.1, -0.05) is 57.6 Å². The standard InChI is InChI=1S/C28H44O3/c1-18(9-7-15-27(4,5)31)23-13-14-24-21(10-8-16-28(23,24)6)11-12-22-17-25(29)20(3)26(30)19(22)2/h11-12,18,23-26,29-31H,2-3,7-10,13-17H2,1,4-6H3/b21-11?,22-12-/t18-,23+,24?,25+,26-,28+/m0/s1. The minimum Gasteiger partial charge on any atom is -0.390 e. The van der Waals surface area contributed by atoms with Gasteiger partial charge in [0.05, 0.1) is 11.7 Å². The van der Waals surface area contributed by atoms with Gasteiger partial charge in [-0.15, -0.1) is 0 Å². The van der Waals surface area contributed by atoms with Crippen molar-refractivity contribution in [1.29, 1.82) is 0 Å². The summed E-state index contributed by atoms with van der Waals surface area (Å²) in [5.74, 6) is 2.05. The number of hydrogen-bond acceptors (Lipinski definition) is 3. The summed E-state index contributed by atoms with van der Waals surface area (Å²) >= 11 is 0. The zero-order valence-corrected chi connectivity index (χ0v) is 20.2. The van der Waals surface area contributed by atoms with E-state index in [0.29, 0.717) is 34.8 Å². The molecule has 3 fully saturated rings. The molecule has 3 nitrogen and oxygen atoms in total. The Morgan fingerprint density at radius 2 is 1.90 bits per heavy atom. The molecule has 0 bridgehead atoms. The third-order valence-electron chi connectivity index (χ3n) is 8.61. The molecule has 0 spiro atoms. The summed E-state index contributed by atoms with van der Waals surface area (Å²) in [5, 5.41) is 30.5.